The van der Waals surface area contributed by atoms with Gasteiger partial charge in [-0.1, -0.05) is 24.6 Å². The van der Waals surface area contributed by atoms with E-state index < -0.39 is 0 Å². The van der Waals surface area contributed by atoms with E-state index in [2.05, 4.69) is 5.32 Å². The summed E-state index contributed by atoms with van der Waals surface area (Å²) in [7, 11) is 0. The molecule has 2 aliphatic heterocycles. The summed E-state index contributed by atoms with van der Waals surface area (Å²) < 4.78 is 0. The molecule has 1 aromatic carbocycles. The van der Waals surface area contributed by atoms with Gasteiger partial charge in [0.2, 0.25) is 0 Å². The maximum absolute atomic E-state index is 13.0. The summed E-state index contributed by atoms with van der Waals surface area (Å²) in [6.45, 7) is 9.61. The SMILES string of the molecule is Cc1cccc(C)c1NC(=O)C[NH+]1CCN(C(=O)C[NH+]2CCC[C@H]3CCCC[C@@H]32)CC1. The number of para-hydroxylation sites is 1. The number of hydrogen-bond acceptors (Lipinski definition) is 2. The summed E-state index contributed by atoms with van der Waals surface area (Å²) in [6, 6.07) is 6.79. The lowest BCUT2D eigenvalue weighted by molar-refractivity contribution is -0.929. The molecule has 3 atom stereocenters. The molecule has 1 saturated carbocycles. The molecular weight excluding hydrogens is 388 g/mol. The number of piperidine rings is 1. The maximum atomic E-state index is 13.0. The molecule has 2 heterocycles. The quantitative estimate of drug-likeness (QED) is 0.628. The molecule has 0 spiro atoms. The van der Waals surface area contributed by atoms with Crippen LogP contribution in [0.5, 0.6) is 0 Å². The van der Waals surface area contributed by atoms with Crippen LogP contribution in [0.4, 0.5) is 5.69 Å². The van der Waals surface area contributed by atoms with Gasteiger partial charge in [0.1, 0.15) is 0 Å². The Labute approximate surface area is 187 Å². The number of aryl methyl sites for hydroxylation is 2. The third-order valence-corrected chi connectivity index (χ3v) is 7.86. The Hall–Kier alpha value is -1.92. The van der Waals surface area contributed by atoms with Crippen molar-refractivity contribution < 1.29 is 19.4 Å². The first-order valence-corrected chi connectivity index (χ1v) is 12.3. The predicted octanol–water partition coefficient (Wildman–Crippen LogP) is 0.207. The van der Waals surface area contributed by atoms with Crippen molar-refractivity contribution in [2.24, 2.45) is 5.92 Å². The molecule has 3 aliphatic rings. The van der Waals surface area contributed by atoms with E-state index in [1.54, 1.807) is 4.90 Å². The Morgan fingerprint density at radius 2 is 1.65 bits per heavy atom. The lowest BCUT2D eigenvalue weighted by Gasteiger charge is -2.41. The Morgan fingerprint density at radius 3 is 2.39 bits per heavy atom. The van der Waals surface area contributed by atoms with Crippen molar-refractivity contribution in [3.63, 3.8) is 0 Å². The maximum Gasteiger partial charge on any atom is 0.279 e. The number of hydrogen-bond donors (Lipinski definition) is 3. The lowest BCUT2D eigenvalue weighted by atomic mass is 9.78. The monoisotopic (exact) mass is 428 g/mol. The van der Waals surface area contributed by atoms with Gasteiger partial charge in [-0.05, 0) is 57.1 Å². The van der Waals surface area contributed by atoms with Gasteiger partial charge in [0.25, 0.3) is 11.8 Å². The van der Waals surface area contributed by atoms with Crippen LogP contribution in [0, 0.1) is 19.8 Å². The predicted molar refractivity (Wildman–Crippen MR) is 122 cm³/mol. The number of carbonyl (C=O) groups excluding carboxylic acids is 2. The summed E-state index contributed by atoms with van der Waals surface area (Å²) in [5.41, 5.74) is 3.13. The van der Waals surface area contributed by atoms with E-state index in [0.29, 0.717) is 25.0 Å². The van der Waals surface area contributed by atoms with Gasteiger partial charge in [-0.15, -0.1) is 0 Å². The molecule has 3 N–H and O–H groups in total. The molecule has 0 aromatic heterocycles. The number of carbonyl (C=O) groups is 2. The van der Waals surface area contributed by atoms with Crippen molar-refractivity contribution in [2.75, 3.05) is 51.1 Å². The van der Waals surface area contributed by atoms with Crippen LogP contribution in [0.1, 0.15) is 49.7 Å². The van der Waals surface area contributed by atoms with E-state index in [4.69, 9.17) is 0 Å². The molecule has 1 aromatic rings. The molecule has 1 aliphatic carbocycles. The molecule has 3 fully saturated rings. The molecule has 4 rings (SSSR count). The molecule has 31 heavy (non-hydrogen) atoms. The van der Waals surface area contributed by atoms with E-state index in [-0.39, 0.29) is 5.91 Å². The molecule has 0 radical (unpaired) electrons. The summed E-state index contributed by atoms with van der Waals surface area (Å²) in [5.74, 6) is 1.23. The van der Waals surface area contributed by atoms with E-state index in [0.717, 1.165) is 55.5 Å². The standard InChI is InChI=1S/C25H38N4O2/c1-19-7-5-8-20(2)25(19)26-23(30)17-27-13-15-28(16-14-27)24(31)18-29-12-6-10-21-9-3-4-11-22(21)29/h5,7-8,21-22H,3-4,6,9-18H2,1-2H3,(H,26,30)/p+2/t21-,22+/m1/s1. The minimum Gasteiger partial charge on any atom is -0.327 e. The molecule has 170 valence electrons. The highest BCUT2D eigenvalue weighted by Gasteiger charge is 2.38. The highest BCUT2D eigenvalue weighted by atomic mass is 16.2. The number of anilines is 1. The van der Waals surface area contributed by atoms with Gasteiger partial charge in [0.05, 0.1) is 38.8 Å². The Bertz CT molecular complexity index is 765. The van der Waals surface area contributed by atoms with Crippen molar-refractivity contribution >= 4 is 17.5 Å². The average molecular weight is 429 g/mol. The number of likely N-dealkylation sites (tertiary alicyclic amines) is 1. The number of rotatable bonds is 5. The smallest absolute Gasteiger partial charge is 0.279 e. The van der Waals surface area contributed by atoms with Crippen LogP contribution in [0.2, 0.25) is 0 Å². The number of nitrogens with zero attached hydrogens (tertiary/aromatic N) is 1. The second-order valence-corrected chi connectivity index (χ2v) is 10.0. The van der Waals surface area contributed by atoms with Crippen LogP contribution in [-0.2, 0) is 9.59 Å². The van der Waals surface area contributed by atoms with Gasteiger partial charge >= 0.3 is 0 Å². The number of piperazine rings is 1. The first-order chi connectivity index (χ1) is 15.0. The van der Waals surface area contributed by atoms with Gasteiger partial charge in [-0.3, -0.25) is 9.59 Å². The van der Waals surface area contributed by atoms with Crippen LogP contribution in [0.3, 0.4) is 0 Å². The van der Waals surface area contributed by atoms with Crippen molar-refractivity contribution in [1.82, 2.24) is 4.90 Å². The van der Waals surface area contributed by atoms with Crippen molar-refractivity contribution in [3.05, 3.63) is 29.3 Å². The van der Waals surface area contributed by atoms with Gasteiger partial charge in [0.15, 0.2) is 13.1 Å². The van der Waals surface area contributed by atoms with Crippen LogP contribution in [0.25, 0.3) is 0 Å². The number of nitrogens with one attached hydrogen (secondary N) is 3. The second-order valence-electron chi connectivity index (χ2n) is 10.0. The number of amides is 2. The van der Waals surface area contributed by atoms with Crippen molar-refractivity contribution in [2.45, 2.75) is 58.4 Å². The van der Waals surface area contributed by atoms with Crippen LogP contribution in [-0.4, -0.2) is 68.6 Å². The molecule has 2 amide bonds. The fourth-order valence-corrected chi connectivity index (χ4v) is 6.06. The van der Waals surface area contributed by atoms with Gasteiger partial charge < -0.3 is 20.0 Å². The van der Waals surface area contributed by atoms with E-state index in [9.17, 15) is 9.59 Å². The van der Waals surface area contributed by atoms with Gasteiger partial charge in [-0.2, -0.15) is 0 Å². The highest BCUT2D eigenvalue weighted by molar-refractivity contribution is 5.93. The summed E-state index contributed by atoms with van der Waals surface area (Å²) in [4.78, 5) is 30.4. The molecule has 6 heteroatoms. The first kappa shape index (κ1) is 22.3. The third kappa shape index (κ3) is 5.47. The zero-order chi connectivity index (χ0) is 21.8. The Kier molecular flexibility index (Phi) is 7.28. The Balaban J connectivity index is 1.23. The Morgan fingerprint density at radius 1 is 0.968 bits per heavy atom. The summed E-state index contributed by atoms with van der Waals surface area (Å²) >= 11 is 0. The van der Waals surface area contributed by atoms with Crippen molar-refractivity contribution in [1.29, 1.82) is 0 Å². The summed E-state index contributed by atoms with van der Waals surface area (Å²) in [6.07, 6.45) is 8.04. The minimum absolute atomic E-state index is 0.0632. The largest absolute Gasteiger partial charge is 0.327 e. The molecule has 0 bridgehead atoms. The average Bonchev–Trinajstić information content (AvgIpc) is 2.77. The molecular formula is C25H40N4O2+2. The number of fused-ring (bicyclic) bond motifs is 1. The molecule has 1 unspecified atom stereocenters. The van der Waals surface area contributed by atoms with Crippen LogP contribution >= 0.6 is 0 Å². The third-order valence-electron chi connectivity index (χ3n) is 7.86. The van der Waals surface area contributed by atoms with Crippen LogP contribution in [0.15, 0.2) is 18.2 Å². The van der Waals surface area contributed by atoms with Crippen molar-refractivity contribution in [3.8, 4) is 0 Å². The molecule has 2 saturated heterocycles. The molecule has 6 nitrogen and oxygen atoms in total. The number of quaternary nitrogens is 2. The highest BCUT2D eigenvalue weighted by Crippen LogP contribution is 2.28. The van der Waals surface area contributed by atoms with Crippen LogP contribution < -0.4 is 15.1 Å². The first-order valence-electron chi connectivity index (χ1n) is 12.3. The minimum atomic E-state index is 0.0632. The fourth-order valence-electron chi connectivity index (χ4n) is 6.06. The normalized spacial score (nSPS) is 26.9. The van der Waals surface area contributed by atoms with E-state index in [1.165, 1.54) is 43.4 Å². The van der Waals surface area contributed by atoms with E-state index >= 15 is 0 Å². The van der Waals surface area contributed by atoms with Gasteiger partial charge in [0, 0.05) is 11.6 Å². The van der Waals surface area contributed by atoms with Gasteiger partial charge in [-0.25, -0.2) is 0 Å². The summed E-state index contributed by atoms with van der Waals surface area (Å²) in [5, 5.41) is 3.10. The zero-order valence-corrected chi connectivity index (χ0v) is 19.3. The topological polar surface area (TPSA) is 58.3 Å². The van der Waals surface area contributed by atoms with E-state index in [1.807, 2.05) is 36.9 Å². The fraction of sp³-hybridized carbons (Fsp3) is 0.680. The second kappa shape index (κ2) is 10.1. The lowest BCUT2D eigenvalue weighted by Crippen LogP contribution is -3.19. The number of benzene rings is 1. The zero-order valence-electron chi connectivity index (χ0n) is 19.3.